The van der Waals surface area contributed by atoms with Crippen molar-refractivity contribution < 1.29 is 5.11 Å². The lowest BCUT2D eigenvalue weighted by Gasteiger charge is -2.12. The Hall–Kier alpha value is -1.68. The molecule has 0 saturated heterocycles. The highest BCUT2D eigenvalue weighted by Gasteiger charge is 2.14. The summed E-state index contributed by atoms with van der Waals surface area (Å²) in [4.78, 5) is 3.93. The van der Waals surface area contributed by atoms with Gasteiger partial charge in [-0.2, -0.15) is 5.10 Å². The number of pyridine rings is 1. The van der Waals surface area contributed by atoms with Crippen LogP contribution in [0, 0.1) is 0 Å². The van der Waals surface area contributed by atoms with Gasteiger partial charge in [0, 0.05) is 25.1 Å². The molecule has 2 aromatic heterocycles. The lowest BCUT2D eigenvalue weighted by molar-refractivity contribution is 0.207. The number of hydrogen-bond donors (Lipinski definition) is 1. The molecule has 0 aliphatic carbocycles. The predicted octanol–water partition coefficient (Wildman–Crippen LogP) is 1.77. The fourth-order valence-electron chi connectivity index (χ4n) is 1.69. The van der Waals surface area contributed by atoms with Crippen molar-refractivity contribution in [3.05, 3.63) is 48.0 Å². The number of aliphatic hydroxyl groups is 1. The maximum atomic E-state index is 10.2. The lowest BCUT2D eigenvalue weighted by atomic mass is 10.1. The van der Waals surface area contributed by atoms with Crippen molar-refractivity contribution in [1.82, 2.24) is 14.8 Å². The molecular formula is C12H15N3O. The molecule has 1 atom stereocenters. The third kappa shape index (κ3) is 2.12. The standard InChI is InChI=1S/C12H15N3O/c1-2-9-15-11(5-8-14-15)12(16)10-3-6-13-7-4-10/h3-8,12,16H,2,9H2,1H3. The van der Waals surface area contributed by atoms with Gasteiger partial charge in [-0.15, -0.1) is 0 Å². The van der Waals surface area contributed by atoms with E-state index in [4.69, 9.17) is 0 Å². The first kappa shape index (κ1) is 10.8. The molecule has 0 aliphatic rings. The normalized spacial score (nSPS) is 12.6. The molecule has 2 rings (SSSR count). The number of aliphatic hydroxyl groups excluding tert-OH is 1. The predicted molar refractivity (Wildman–Crippen MR) is 60.8 cm³/mol. The Bertz CT molecular complexity index is 439. The van der Waals surface area contributed by atoms with E-state index in [1.54, 1.807) is 18.6 Å². The van der Waals surface area contributed by atoms with Gasteiger partial charge in [0.25, 0.3) is 0 Å². The van der Waals surface area contributed by atoms with E-state index < -0.39 is 6.10 Å². The number of aryl methyl sites for hydroxylation is 1. The minimum atomic E-state index is -0.628. The molecule has 0 radical (unpaired) electrons. The Balaban J connectivity index is 2.27. The molecule has 1 N–H and O–H groups in total. The second-order valence-electron chi connectivity index (χ2n) is 3.66. The van der Waals surface area contributed by atoms with Gasteiger partial charge >= 0.3 is 0 Å². The molecule has 4 heteroatoms. The van der Waals surface area contributed by atoms with E-state index in [1.807, 2.05) is 22.9 Å². The molecule has 0 aliphatic heterocycles. The van der Waals surface area contributed by atoms with E-state index in [9.17, 15) is 5.11 Å². The Morgan fingerprint density at radius 1 is 1.25 bits per heavy atom. The molecular weight excluding hydrogens is 202 g/mol. The average molecular weight is 217 g/mol. The van der Waals surface area contributed by atoms with Gasteiger partial charge in [-0.1, -0.05) is 6.92 Å². The average Bonchev–Trinajstić information content (AvgIpc) is 2.78. The van der Waals surface area contributed by atoms with Crippen LogP contribution in [0.4, 0.5) is 0 Å². The van der Waals surface area contributed by atoms with Crippen LogP contribution in [0.1, 0.15) is 30.7 Å². The van der Waals surface area contributed by atoms with Gasteiger partial charge in [0.2, 0.25) is 0 Å². The van der Waals surface area contributed by atoms with Crippen molar-refractivity contribution >= 4 is 0 Å². The fourth-order valence-corrected chi connectivity index (χ4v) is 1.69. The number of rotatable bonds is 4. The second-order valence-corrected chi connectivity index (χ2v) is 3.66. The summed E-state index contributed by atoms with van der Waals surface area (Å²) in [5, 5.41) is 14.4. The minimum Gasteiger partial charge on any atom is -0.382 e. The van der Waals surface area contributed by atoms with Crippen LogP contribution >= 0.6 is 0 Å². The first-order valence-electron chi connectivity index (χ1n) is 5.42. The van der Waals surface area contributed by atoms with Gasteiger partial charge in [0.1, 0.15) is 6.10 Å². The maximum absolute atomic E-state index is 10.2. The summed E-state index contributed by atoms with van der Waals surface area (Å²) in [5.74, 6) is 0. The van der Waals surface area contributed by atoms with Crippen LogP contribution in [-0.4, -0.2) is 19.9 Å². The van der Waals surface area contributed by atoms with E-state index in [2.05, 4.69) is 17.0 Å². The van der Waals surface area contributed by atoms with Crippen LogP contribution in [0.5, 0.6) is 0 Å². The zero-order valence-corrected chi connectivity index (χ0v) is 9.24. The lowest BCUT2D eigenvalue weighted by Crippen LogP contribution is -2.10. The van der Waals surface area contributed by atoms with Crippen molar-refractivity contribution in [2.24, 2.45) is 0 Å². The molecule has 0 aromatic carbocycles. The Morgan fingerprint density at radius 3 is 2.69 bits per heavy atom. The minimum absolute atomic E-state index is 0.628. The summed E-state index contributed by atoms with van der Waals surface area (Å²) < 4.78 is 1.84. The second kappa shape index (κ2) is 4.90. The van der Waals surface area contributed by atoms with Crippen molar-refractivity contribution in [2.45, 2.75) is 26.0 Å². The summed E-state index contributed by atoms with van der Waals surface area (Å²) in [5.41, 5.74) is 1.67. The molecule has 0 bridgehead atoms. The Kier molecular flexibility index (Phi) is 3.31. The molecule has 2 heterocycles. The molecule has 0 amide bonds. The molecule has 0 fully saturated rings. The monoisotopic (exact) mass is 217 g/mol. The van der Waals surface area contributed by atoms with Crippen LogP contribution in [0.3, 0.4) is 0 Å². The fraction of sp³-hybridized carbons (Fsp3) is 0.333. The van der Waals surface area contributed by atoms with Gasteiger partial charge in [-0.05, 0) is 30.2 Å². The summed E-state index contributed by atoms with van der Waals surface area (Å²) in [6.45, 7) is 2.91. The largest absolute Gasteiger partial charge is 0.382 e. The van der Waals surface area contributed by atoms with Crippen LogP contribution in [0.25, 0.3) is 0 Å². The first-order chi connectivity index (χ1) is 7.83. The zero-order valence-electron chi connectivity index (χ0n) is 9.24. The summed E-state index contributed by atoms with van der Waals surface area (Å²) >= 11 is 0. The van der Waals surface area contributed by atoms with Crippen molar-refractivity contribution in [3.63, 3.8) is 0 Å². The highest BCUT2D eigenvalue weighted by molar-refractivity contribution is 5.22. The van der Waals surface area contributed by atoms with Crippen LogP contribution < -0.4 is 0 Å². The van der Waals surface area contributed by atoms with E-state index in [1.165, 1.54) is 0 Å². The molecule has 1 unspecified atom stereocenters. The van der Waals surface area contributed by atoms with E-state index in [0.717, 1.165) is 24.2 Å². The molecule has 0 spiro atoms. The molecule has 84 valence electrons. The Labute approximate surface area is 94.6 Å². The molecule has 0 saturated carbocycles. The third-order valence-electron chi connectivity index (χ3n) is 2.49. The van der Waals surface area contributed by atoms with E-state index in [-0.39, 0.29) is 0 Å². The third-order valence-corrected chi connectivity index (χ3v) is 2.49. The number of hydrogen-bond acceptors (Lipinski definition) is 3. The topological polar surface area (TPSA) is 50.9 Å². The van der Waals surface area contributed by atoms with Crippen LogP contribution in [0.2, 0.25) is 0 Å². The SMILES string of the molecule is CCCn1nccc1C(O)c1ccncc1. The highest BCUT2D eigenvalue weighted by Crippen LogP contribution is 2.20. The number of aromatic nitrogens is 3. The first-order valence-corrected chi connectivity index (χ1v) is 5.42. The van der Waals surface area contributed by atoms with Gasteiger partial charge in [0.15, 0.2) is 0 Å². The van der Waals surface area contributed by atoms with Crippen molar-refractivity contribution in [3.8, 4) is 0 Å². The molecule has 16 heavy (non-hydrogen) atoms. The highest BCUT2D eigenvalue weighted by atomic mass is 16.3. The van der Waals surface area contributed by atoms with E-state index >= 15 is 0 Å². The van der Waals surface area contributed by atoms with Crippen LogP contribution in [-0.2, 0) is 6.54 Å². The van der Waals surface area contributed by atoms with Gasteiger partial charge in [0.05, 0.1) is 5.69 Å². The Morgan fingerprint density at radius 2 is 2.00 bits per heavy atom. The van der Waals surface area contributed by atoms with Gasteiger partial charge < -0.3 is 5.11 Å². The molecule has 2 aromatic rings. The summed E-state index contributed by atoms with van der Waals surface area (Å²) in [6, 6.07) is 5.47. The van der Waals surface area contributed by atoms with Crippen molar-refractivity contribution in [1.29, 1.82) is 0 Å². The molecule has 4 nitrogen and oxygen atoms in total. The number of nitrogens with zero attached hydrogens (tertiary/aromatic N) is 3. The van der Waals surface area contributed by atoms with Gasteiger partial charge in [-0.25, -0.2) is 0 Å². The summed E-state index contributed by atoms with van der Waals surface area (Å²) in [7, 11) is 0. The smallest absolute Gasteiger partial charge is 0.121 e. The maximum Gasteiger partial charge on any atom is 0.121 e. The van der Waals surface area contributed by atoms with Crippen molar-refractivity contribution in [2.75, 3.05) is 0 Å². The zero-order chi connectivity index (χ0) is 11.4. The van der Waals surface area contributed by atoms with E-state index in [0.29, 0.717) is 0 Å². The summed E-state index contributed by atoms with van der Waals surface area (Å²) in [6.07, 6.45) is 5.45. The quantitative estimate of drug-likeness (QED) is 0.849. The van der Waals surface area contributed by atoms with Gasteiger partial charge in [-0.3, -0.25) is 9.67 Å². The van der Waals surface area contributed by atoms with Crippen LogP contribution in [0.15, 0.2) is 36.8 Å².